The van der Waals surface area contributed by atoms with E-state index in [2.05, 4.69) is 37.8 Å². The van der Waals surface area contributed by atoms with Gasteiger partial charge in [0.15, 0.2) is 0 Å². The van der Waals surface area contributed by atoms with E-state index in [0.29, 0.717) is 6.04 Å². The summed E-state index contributed by atoms with van der Waals surface area (Å²) in [6.45, 7) is 6.83. The molecular formula is C10H23NS. The van der Waals surface area contributed by atoms with Gasteiger partial charge in [-0.05, 0) is 44.2 Å². The Morgan fingerprint density at radius 2 is 2.00 bits per heavy atom. The second-order valence-electron chi connectivity index (χ2n) is 3.52. The monoisotopic (exact) mass is 189 g/mol. The quantitative estimate of drug-likeness (QED) is 0.618. The van der Waals surface area contributed by atoms with Crippen LogP contribution in [-0.2, 0) is 0 Å². The molecule has 0 bridgehead atoms. The van der Waals surface area contributed by atoms with E-state index in [0.717, 1.165) is 5.92 Å². The summed E-state index contributed by atoms with van der Waals surface area (Å²) >= 11 is 2.05. The van der Waals surface area contributed by atoms with E-state index < -0.39 is 0 Å². The van der Waals surface area contributed by atoms with Crippen LogP contribution in [0.3, 0.4) is 0 Å². The SMILES string of the molecule is CCSCCC(C)CC(C)NC. The minimum Gasteiger partial charge on any atom is -0.317 e. The lowest BCUT2D eigenvalue weighted by Crippen LogP contribution is -2.23. The van der Waals surface area contributed by atoms with E-state index in [1.807, 2.05) is 7.05 Å². The largest absolute Gasteiger partial charge is 0.317 e. The van der Waals surface area contributed by atoms with Crippen molar-refractivity contribution in [2.45, 2.75) is 39.7 Å². The maximum atomic E-state index is 3.28. The van der Waals surface area contributed by atoms with Crippen LogP contribution in [0.2, 0.25) is 0 Å². The van der Waals surface area contributed by atoms with E-state index in [1.54, 1.807) is 0 Å². The van der Waals surface area contributed by atoms with Gasteiger partial charge in [0.05, 0.1) is 0 Å². The molecule has 1 nitrogen and oxygen atoms in total. The summed E-state index contributed by atoms with van der Waals surface area (Å²) in [6, 6.07) is 0.673. The van der Waals surface area contributed by atoms with Crippen LogP contribution in [0.15, 0.2) is 0 Å². The Morgan fingerprint density at radius 3 is 2.50 bits per heavy atom. The van der Waals surface area contributed by atoms with Crippen LogP contribution >= 0.6 is 11.8 Å². The molecule has 1 N–H and O–H groups in total. The summed E-state index contributed by atoms with van der Waals surface area (Å²) in [7, 11) is 2.04. The lowest BCUT2D eigenvalue weighted by molar-refractivity contribution is 0.435. The first-order valence-corrected chi connectivity index (χ1v) is 6.11. The van der Waals surface area contributed by atoms with Crippen molar-refractivity contribution in [3.05, 3.63) is 0 Å². The van der Waals surface area contributed by atoms with Crippen molar-refractivity contribution in [1.29, 1.82) is 0 Å². The summed E-state index contributed by atoms with van der Waals surface area (Å²) in [5.74, 6) is 3.45. The van der Waals surface area contributed by atoms with Crippen molar-refractivity contribution in [2.24, 2.45) is 5.92 Å². The molecule has 74 valence electrons. The van der Waals surface area contributed by atoms with Gasteiger partial charge in [0, 0.05) is 6.04 Å². The van der Waals surface area contributed by atoms with Gasteiger partial charge < -0.3 is 5.32 Å². The highest BCUT2D eigenvalue weighted by molar-refractivity contribution is 7.99. The zero-order chi connectivity index (χ0) is 9.40. The van der Waals surface area contributed by atoms with Gasteiger partial charge in [-0.15, -0.1) is 0 Å². The van der Waals surface area contributed by atoms with Crippen molar-refractivity contribution in [2.75, 3.05) is 18.6 Å². The molecule has 0 heterocycles. The van der Waals surface area contributed by atoms with Crippen LogP contribution in [0.4, 0.5) is 0 Å². The first-order valence-electron chi connectivity index (χ1n) is 4.95. The van der Waals surface area contributed by atoms with Crippen LogP contribution in [0, 0.1) is 5.92 Å². The van der Waals surface area contributed by atoms with Gasteiger partial charge in [-0.2, -0.15) is 11.8 Å². The highest BCUT2D eigenvalue weighted by Crippen LogP contribution is 2.13. The number of thioether (sulfide) groups is 1. The summed E-state index contributed by atoms with van der Waals surface area (Å²) in [4.78, 5) is 0. The Bertz CT molecular complexity index is 95.8. The van der Waals surface area contributed by atoms with Gasteiger partial charge in [-0.3, -0.25) is 0 Å². The number of hydrogen-bond acceptors (Lipinski definition) is 2. The molecule has 0 aliphatic rings. The Morgan fingerprint density at radius 1 is 1.33 bits per heavy atom. The molecular weight excluding hydrogens is 166 g/mol. The first kappa shape index (κ1) is 12.3. The summed E-state index contributed by atoms with van der Waals surface area (Å²) in [6.07, 6.45) is 2.67. The molecule has 0 radical (unpaired) electrons. The molecule has 0 aliphatic heterocycles. The third kappa shape index (κ3) is 6.99. The number of hydrogen-bond donors (Lipinski definition) is 1. The van der Waals surface area contributed by atoms with Gasteiger partial charge in [-0.25, -0.2) is 0 Å². The van der Waals surface area contributed by atoms with E-state index in [1.165, 1.54) is 24.3 Å². The Balaban J connectivity index is 3.26. The van der Waals surface area contributed by atoms with Gasteiger partial charge >= 0.3 is 0 Å². The normalized spacial score (nSPS) is 16.0. The maximum absolute atomic E-state index is 3.28. The molecule has 0 saturated heterocycles. The Kier molecular flexibility index (Phi) is 8.14. The molecule has 0 saturated carbocycles. The third-order valence-corrected chi connectivity index (χ3v) is 3.14. The molecule has 0 amide bonds. The minimum atomic E-state index is 0.673. The Hall–Kier alpha value is 0.310. The fraction of sp³-hybridized carbons (Fsp3) is 1.00. The summed E-state index contributed by atoms with van der Waals surface area (Å²) < 4.78 is 0. The van der Waals surface area contributed by atoms with Crippen molar-refractivity contribution in [1.82, 2.24) is 5.32 Å². The second kappa shape index (κ2) is 7.93. The fourth-order valence-electron chi connectivity index (χ4n) is 1.27. The van der Waals surface area contributed by atoms with Crippen molar-refractivity contribution in [3.8, 4) is 0 Å². The zero-order valence-electron chi connectivity index (χ0n) is 8.89. The molecule has 12 heavy (non-hydrogen) atoms. The molecule has 2 heteroatoms. The molecule has 0 spiro atoms. The lowest BCUT2D eigenvalue weighted by atomic mass is 10.0. The minimum absolute atomic E-state index is 0.673. The highest BCUT2D eigenvalue weighted by Gasteiger charge is 2.05. The average molecular weight is 189 g/mol. The predicted octanol–water partition coefficient (Wildman–Crippen LogP) is 2.76. The smallest absolute Gasteiger partial charge is 0.00382 e. The maximum Gasteiger partial charge on any atom is 0.00382 e. The molecule has 0 aromatic rings. The molecule has 2 atom stereocenters. The van der Waals surface area contributed by atoms with Crippen molar-refractivity contribution >= 4 is 11.8 Å². The summed E-state index contributed by atoms with van der Waals surface area (Å²) in [5, 5.41) is 3.28. The number of rotatable bonds is 7. The van der Waals surface area contributed by atoms with Crippen LogP contribution in [-0.4, -0.2) is 24.6 Å². The molecule has 0 aromatic heterocycles. The van der Waals surface area contributed by atoms with Gasteiger partial charge in [0.25, 0.3) is 0 Å². The van der Waals surface area contributed by atoms with Crippen molar-refractivity contribution < 1.29 is 0 Å². The molecule has 0 fully saturated rings. The predicted molar refractivity (Wildman–Crippen MR) is 59.9 cm³/mol. The topological polar surface area (TPSA) is 12.0 Å². The third-order valence-electron chi connectivity index (χ3n) is 2.21. The fourth-order valence-corrected chi connectivity index (χ4v) is 2.13. The molecule has 2 unspecified atom stereocenters. The lowest BCUT2D eigenvalue weighted by Gasteiger charge is -2.15. The van der Waals surface area contributed by atoms with Gasteiger partial charge in [-0.1, -0.05) is 13.8 Å². The second-order valence-corrected chi connectivity index (χ2v) is 4.91. The van der Waals surface area contributed by atoms with Crippen LogP contribution in [0.1, 0.15) is 33.6 Å². The Labute approximate surface area is 81.7 Å². The summed E-state index contributed by atoms with van der Waals surface area (Å²) in [5.41, 5.74) is 0. The molecule has 0 aromatic carbocycles. The zero-order valence-corrected chi connectivity index (χ0v) is 9.71. The van der Waals surface area contributed by atoms with Crippen LogP contribution < -0.4 is 5.32 Å². The average Bonchev–Trinajstić information content (AvgIpc) is 2.05. The van der Waals surface area contributed by atoms with E-state index in [-0.39, 0.29) is 0 Å². The highest BCUT2D eigenvalue weighted by atomic mass is 32.2. The van der Waals surface area contributed by atoms with Gasteiger partial charge in [0.1, 0.15) is 0 Å². The van der Waals surface area contributed by atoms with E-state index >= 15 is 0 Å². The van der Waals surface area contributed by atoms with E-state index in [4.69, 9.17) is 0 Å². The van der Waals surface area contributed by atoms with Crippen LogP contribution in [0.25, 0.3) is 0 Å². The van der Waals surface area contributed by atoms with Gasteiger partial charge in [0.2, 0.25) is 0 Å². The first-order chi connectivity index (χ1) is 5.70. The standard InChI is InChI=1S/C10H23NS/c1-5-12-7-6-9(2)8-10(3)11-4/h9-11H,5-8H2,1-4H3. The van der Waals surface area contributed by atoms with Crippen molar-refractivity contribution in [3.63, 3.8) is 0 Å². The van der Waals surface area contributed by atoms with E-state index in [9.17, 15) is 0 Å². The van der Waals surface area contributed by atoms with Crippen LogP contribution in [0.5, 0.6) is 0 Å². The number of nitrogens with one attached hydrogen (secondary N) is 1. The molecule has 0 rings (SSSR count). The molecule has 0 aliphatic carbocycles.